The summed E-state index contributed by atoms with van der Waals surface area (Å²) in [6.07, 6.45) is 4.01. The maximum absolute atomic E-state index is 4.22. The summed E-state index contributed by atoms with van der Waals surface area (Å²) >= 11 is 3.52. The Morgan fingerprint density at radius 2 is 1.89 bits per heavy atom. The molecule has 1 aromatic heterocycles. The Bertz CT molecular complexity index is 467. The lowest BCUT2D eigenvalue weighted by molar-refractivity contribution is 0.274. The van der Waals surface area contributed by atoms with Gasteiger partial charge in [0.05, 0.1) is 6.20 Å². The van der Waals surface area contributed by atoms with E-state index >= 15 is 0 Å². The van der Waals surface area contributed by atoms with E-state index in [1.807, 2.05) is 17.9 Å². The fourth-order valence-corrected chi connectivity index (χ4v) is 2.49. The fourth-order valence-electron chi connectivity index (χ4n) is 1.99. The second-order valence-corrected chi connectivity index (χ2v) is 5.20. The van der Waals surface area contributed by atoms with Crippen molar-refractivity contribution >= 4 is 15.9 Å². The van der Waals surface area contributed by atoms with Crippen molar-refractivity contribution in [3.05, 3.63) is 53.9 Å². The van der Waals surface area contributed by atoms with Crippen LogP contribution < -0.4 is 0 Å². The molecule has 1 heterocycles. The van der Waals surface area contributed by atoms with E-state index in [4.69, 9.17) is 0 Å². The van der Waals surface area contributed by atoms with Gasteiger partial charge in [0, 0.05) is 43.8 Å². The second-order valence-electron chi connectivity index (χ2n) is 4.41. The summed E-state index contributed by atoms with van der Waals surface area (Å²) in [6, 6.07) is 10.6. The van der Waals surface area contributed by atoms with Gasteiger partial charge in [-0.2, -0.15) is 5.10 Å². The van der Waals surface area contributed by atoms with E-state index in [9.17, 15) is 0 Å². The van der Waals surface area contributed by atoms with Gasteiger partial charge in [0.15, 0.2) is 0 Å². The largest absolute Gasteiger partial charge is 0.294 e. The van der Waals surface area contributed by atoms with E-state index in [0.29, 0.717) is 0 Å². The molecular formula is C14H18BrN3. The van der Waals surface area contributed by atoms with Crippen LogP contribution in [0.2, 0.25) is 0 Å². The number of benzene rings is 1. The van der Waals surface area contributed by atoms with Crippen molar-refractivity contribution in [2.45, 2.75) is 13.1 Å². The van der Waals surface area contributed by atoms with Crippen LogP contribution in [0.5, 0.6) is 0 Å². The van der Waals surface area contributed by atoms with Gasteiger partial charge in [0.1, 0.15) is 0 Å². The number of halogens is 1. The van der Waals surface area contributed by atoms with Gasteiger partial charge in [-0.25, -0.2) is 0 Å². The summed E-state index contributed by atoms with van der Waals surface area (Å²) < 4.78 is 1.85. The molecule has 0 aliphatic carbocycles. The van der Waals surface area contributed by atoms with Crippen LogP contribution in [0.4, 0.5) is 0 Å². The van der Waals surface area contributed by atoms with Gasteiger partial charge in [-0.05, 0) is 5.56 Å². The normalized spacial score (nSPS) is 11.1. The monoisotopic (exact) mass is 307 g/mol. The van der Waals surface area contributed by atoms with Crippen LogP contribution >= 0.6 is 15.9 Å². The Hall–Kier alpha value is -1.13. The molecule has 1 aromatic carbocycles. The Kier molecular flexibility index (Phi) is 4.96. The summed E-state index contributed by atoms with van der Waals surface area (Å²) in [5.41, 5.74) is 2.61. The van der Waals surface area contributed by atoms with Crippen LogP contribution in [0, 0.1) is 0 Å². The molecule has 4 heteroatoms. The molecule has 0 aliphatic rings. The van der Waals surface area contributed by atoms with Gasteiger partial charge in [-0.1, -0.05) is 46.3 Å². The molecule has 96 valence electrons. The third kappa shape index (κ3) is 3.96. The summed E-state index contributed by atoms with van der Waals surface area (Å²) in [5, 5.41) is 5.20. The highest BCUT2D eigenvalue weighted by Gasteiger charge is 2.07. The molecule has 0 amide bonds. The van der Waals surface area contributed by atoms with Crippen LogP contribution in [0.3, 0.4) is 0 Å². The van der Waals surface area contributed by atoms with Gasteiger partial charge in [0.2, 0.25) is 0 Å². The number of hydrogen-bond donors (Lipinski definition) is 0. The predicted octanol–water partition coefficient (Wildman–Crippen LogP) is 2.82. The summed E-state index contributed by atoms with van der Waals surface area (Å²) in [4.78, 5) is 2.42. The molecule has 18 heavy (non-hydrogen) atoms. The molecule has 0 saturated heterocycles. The summed E-state index contributed by atoms with van der Waals surface area (Å²) in [7, 11) is 1.95. The Morgan fingerprint density at radius 1 is 1.17 bits per heavy atom. The number of nitrogens with zero attached hydrogens (tertiary/aromatic N) is 3. The van der Waals surface area contributed by atoms with Crippen LogP contribution in [0.25, 0.3) is 0 Å². The lowest BCUT2D eigenvalue weighted by Crippen LogP contribution is -2.24. The molecular weight excluding hydrogens is 290 g/mol. The number of aryl methyl sites for hydroxylation is 1. The zero-order chi connectivity index (χ0) is 12.8. The van der Waals surface area contributed by atoms with E-state index in [1.165, 1.54) is 11.1 Å². The van der Waals surface area contributed by atoms with Crippen molar-refractivity contribution in [3.8, 4) is 0 Å². The van der Waals surface area contributed by atoms with Crippen LogP contribution in [-0.4, -0.2) is 26.6 Å². The van der Waals surface area contributed by atoms with Gasteiger partial charge >= 0.3 is 0 Å². The van der Waals surface area contributed by atoms with Crippen molar-refractivity contribution < 1.29 is 0 Å². The van der Waals surface area contributed by atoms with E-state index in [-0.39, 0.29) is 0 Å². The highest BCUT2D eigenvalue weighted by molar-refractivity contribution is 9.09. The fraction of sp³-hybridized carbons (Fsp3) is 0.357. The summed E-state index contributed by atoms with van der Waals surface area (Å²) in [5.74, 6) is 0. The zero-order valence-corrected chi connectivity index (χ0v) is 12.2. The first kappa shape index (κ1) is 13.3. The smallest absolute Gasteiger partial charge is 0.0534 e. The predicted molar refractivity (Wildman–Crippen MR) is 77.6 cm³/mol. The Labute approximate surface area is 117 Å². The Balaban J connectivity index is 1.99. The Morgan fingerprint density at radius 3 is 2.50 bits per heavy atom. The van der Waals surface area contributed by atoms with Gasteiger partial charge in [-0.3, -0.25) is 9.58 Å². The van der Waals surface area contributed by atoms with E-state index in [2.05, 4.69) is 62.5 Å². The quantitative estimate of drug-likeness (QED) is 0.765. The van der Waals surface area contributed by atoms with Gasteiger partial charge in [0.25, 0.3) is 0 Å². The maximum Gasteiger partial charge on any atom is 0.0534 e. The minimum Gasteiger partial charge on any atom is -0.294 e. The third-order valence-corrected chi connectivity index (χ3v) is 3.17. The molecule has 0 aliphatic heterocycles. The molecule has 2 aromatic rings. The van der Waals surface area contributed by atoms with Crippen molar-refractivity contribution in [1.82, 2.24) is 14.7 Å². The molecule has 0 unspecified atom stereocenters. The molecule has 0 bridgehead atoms. The molecule has 0 saturated carbocycles. The first-order chi connectivity index (χ1) is 8.78. The van der Waals surface area contributed by atoms with Crippen LogP contribution in [0.15, 0.2) is 42.7 Å². The topological polar surface area (TPSA) is 21.1 Å². The SMILES string of the molecule is Cn1cc(CN(CCBr)Cc2ccccc2)cn1. The lowest BCUT2D eigenvalue weighted by Gasteiger charge is -2.20. The summed E-state index contributed by atoms with van der Waals surface area (Å²) in [6.45, 7) is 2.94. The van der Waals surface area contributed by atoms with Crippen molar-refractivity contribution in [2.75, 3.05) is 11.9 Å². The molecule has 0 atom stereocenters. The van der Waals surface area contributed by atoms with Gasteiger partial charge < -0.3 is 0 Å². The highest BCUT2D eigenvalue weighted by atomic mass is 79.9. The zero-order valence-electron chi connectivity index (χ0n) is 10.6. The molecule has 0 fully saturated rings. The number of aromatic nitrogens is 2. The van der Waals surface area contributed by atoms with Crippen molar-refractivity contribution in [1.29, 1.82) is 0 Å². The molecule has 2 rings (SSSR count). The second kappa shape index (κ2) is 6.71. The minimum absolute atomic E-state index is 0.939. The molecule has 0 radical (unpaired) electrons. The number of hydrogen-bond acceptors (Lipinski definition) is 2. The number of alkyl halides is 1. The molecule has 3 nitrogen and oxygen atoms in total. The maximum atomic E-state index is 4.22. The molecule has 0 N–H and O–H groups in total. The minimum atomic E-state index is 0.939. The first-order valence-corrected chi connectivity index (χ1v) is 7.20. The first-order valence-electron chi connectivity index (χ1n) is 6.07. The van der Waals surface area contributed by atoms with E-state index in [1.54, 1.807) is 0 Å². The number of rotatable bonds is 6. The standard InChI is InChI=1S/C14H18BrN3/c1-17-10-14(9-16-17)12-18(8-7-15)11-13-5-3-2-4-6-13/h2-6,9-10H,7-8,11-12H2,1H3. The van der Waals surface area contributed by atoms with Crippen molar-refractivity contribution in [2.24, 2.45) is 7.05 Å². The highest BCUT2D eigenvalue weighted by Crippen LogP contribution is 2.09. The average molecular weight is 308 g/mol. The van der Waals surface area contributed by atoms with Crippen LogP contribution in [0.1, 0.15) is 11.1 Å². The lowest BCUT2D eigenvalue weighted by atomic mass is 10.2. The van der Waals surface area contributed by atoms with Crippen LogP contribution in [-0.2, 0) is 20.1 Å². The average Bonchev–Trinajstić information content (AvgIpc) is 2.76. The third-order valence-electron chi connectivity index (χ3n) is 2.81. The van der Waals surface area contributed by atoms with E-state index in [0.717, 1.165) is 25.0 Å². The van der Waals surface area contributed by atoms with Crippen molar-refractivity contribution in [3.63, 3.8) is 0 Å². The van der Waals surface area contributed by atoms with Gasteiger partial charge in [-0.15, -0.1) is 0 Å². The van der Waals surface area contributed by atoms with E-state index < -0.39 is 0 Å². The molecule has 0 spiro atoms.